The number of aryl methyl sites for hydroxylation is 14. The first kappa shape index (κ1) is 127. The lowest BCUT2D eigenvalue weighted by Gasteiger charge is -2.08. The van der Waals surface area contributed by atoms with E-state index >= 15 is 0 Å². The van der Waals surface area contributed by atoms with Crippen LogP contribution in [0.25, 0.3) is 0 Å². The van der Waals surface area contributed by atoms with Crippen LogP contribution in [0.2, 0.25) is 25.1 Å². The zero-order chi connectivity index (χ0) is 107. The highest BCUT2D eigenvalue weighted by Crippen LogP contribution is 2.42. The third-order valence-electron chi connectivity index (χ3n) is 17.6. The Morgan fingerprint density at radius 2 is 0.686 bits per heavy atom. The lowest BCUT2D eigenvalue weighted by Crippen LogP contribution is -2.08. The second kappa shape index (κ2) is 62.9. The van der Waals surface area contributed by atoms with Gasteiger partial charge in [0, 0.05) is 7.14 Å². The zero-order valence-corrected chi connectivity index (χ0v) is 88.4. The summed E-state index contributed by atoms with van der Waals surface area (Å²) in [7, 11) is 1.23. The van der Waals surface area contributed by atoms with Crippen molar-refractivity contribution in [3.05, 3.63) is 477 Å². The van der Waals surface area contributed by atoms with E-state index in [0.717, 1.165) is 93.0 Å². The van der Waals surface area contributed by atoms with Gasteiger partial charge < -0.3 is 4.74 Å². The standard InChI is InChI=1S/C10H11F.C8H6ClF3.C8H6F4.C8H7F3.C8H8F2O.C8H6FN.C7H5BrF2.C7H6BrF.C7H6Cl2.C7H5ClF2.C7H6ClF.C7H6F2.C7H6FI.C7H7I/c1-7-2-5-10(11)9(6-7)8-3-4-8;2*1-5-2-3-7(9)6(4-5)8(10,11)12;1-5-2-3-7(9)6(4-5)8(10)11;1-5-3-6(9)8(11-2)7(10)4-5;1-6-2-3-8(9)7(4-6)5-10;1-4-2-5(8)7(10)6(9)3-4;1-5-2-3-7(9)6(8)4-5;1-5-2-3-6(8)7(9)4-5;1-4-2-5(9)7(8)6(10)3-4;1-5-2-3-7(9)6(8)4-5;2*1-5-2-3-6(8)7(9)4-5;1-6-3-2-4-7(8)5-6/h2,5-6,8H,3-4H2,1H3;2*2-4H,1H3;2-4,8H,1H3;3-4H,1-2H3;2-4H,1H3;2-3H,1H3;2*2-4H,1H3;2-3H,1H3;3*2-4H,1H3;2-5H,1H3. The number of benzene rings is 14. The van der Waals surface area contributed by atoms with Crippen LogP contribution < -0.4 is 4.74 Å². The molecular formula is C106H91Br2Cl5F23I2NO. The molecule has 0 atom stereocenters. The van der Waals surface area contributed by atoms with E-state index in [1.54, 1.807) is 96.1 Å². The van der Waals surface area contributed by atoms with E-state index in [1.165, 1.54) is 127 Å². The lowest BCUT2D eigenvalue weighted by atomic mass is 10.1. The second-order valence-electron chi connectivity index (χ2n) is 30.4. The molecule has 2 nitrogen and oxygen atoms in total. The number of ether oxygens (including phenoxy) is 1. The Labute approximate surface area is 868 Å². The van der Waals surface area contributed by atoms with Crippen LogP contribution >= 0.6 is 135 Å². The minimum absolute atomic E-state index is 0.0295. The minimum atomic E-state index is -4.60. The summed E-state index contributed by atoms with van der Waals surface area (Å²) in [5.41, 5.74) is 10.3. The molecule has 1 aliphatic carbocycles. The van der Waals surface area contributed by atoms with Gasteiger partial charge in [-0.15, -0.1) is 0 Å². The van der Waals surface area contributed by atoms with E-state index in [-0.39, 0.29) is 49.1 Å². The van der Waals surface area contributed by atoms with Crippen LogP contribution in [0.15, 0.2) is 252 Å². The second-order valence-corrected chi connectivity index (χ2v) is 36.5. The molecule has 0 aromatic heterocycles. The van der Waals surface area contributed by atoms with E-state index in [9.17, 15) is 101 Å². The Morgan fingerprint density at radius 3 is 1.06 bits per heavy atom. The lowest BCUT2D eigenvalue weighted by molar-refractivity contribution is -0.140. The molecule has 15 rings (SSSR count). The van der Waals surface area contributed by atoms with Crippen molar-refractivity contribution in [3.63, 3.8) is 0 Å². The number of rotatable bonds is 3. The molecule has 0 amide bonds. The van der Waals surface area contributed by atoms with Gasteiger partial charge in [0.05, 0.1) is 58.4 Å². The fraction of sp³-hybridized carbons (Fsp3) is 0.198. The molecule has 0 aliphatic heterocycles. The monoisotopic (exact) mass is 2420 g/mol. The Balaban J connectivity index is 0.000000510. The Bertz CT molecular complexity index is 5840. The molecule has 0 bridgehead atoms. The number of halogens is 32. The molecule has 0 heterocycles. The molecule has 0 saturated heterocycles. The largest absolute Gasteiger partial charge is 0.491 e. The molecule has 750 valence electrons. The number of hydrogen-bond donors (Lipinski definition) is 0. The molecule has 14 aromatic carbocycles. The number of alkyl halides is 8. The first-order chi connectivity index (χ1) is 65.1. The third-order valence-corrected chi connectivity index (χ3v) is 22.0. The summed E-state index contributed by atoms with van der Waals surface area (Å²) in [6, 6.07) is 61.8. The van der Waals surface area contributed by atoms with Crippen molar-refractivity contribution in [2.45, 2.75) is 134 Å². The van der Waals surface area contributed by atoms with Crippen LogP contribution in [0.3, 0.4) is 0 Å². The zero-order valence-electron chi connectivity index (χ0n) is 77.1. The molecule has 34 heteroatoms. The average Bonchev–Trinajstić information content (AvgIpc) is 1.55. The molecule has 0 spiro atoms. The first-order valence-electron chi connectivity index (χ1n) is 40.8. The van der Waals surface area contributed by atoms with E-state index in [0.29, 0.717) is 57.4 Å². The topological polar surface area (TPSA) is 33.0 Å². The highest BCUT2D eigenvalue weighted by Gasteiger charge is 2.35. The summed E-state index contributed by atoms with van der Waals surface area (Å²) in [6.45, 7) is 25.0. The van der Waals surface area contributed by atoms with Crippen molar-refractivity contribution in [2.75, 3.05) is 7.11 Å². The quantitative estimate of drug-likeness (QED) is 0.100. The SMILES string of the molecule is COc1c(F)cc(C)cc1F.Cc1cc(F)c(Cl)c(F)c1.Cc1cc(F)c(F)c(Br)c1.Cc1ccc(Cl)c(C(F)(F)F)c1.Cc1ccc(Cl)c(Cl)c1.Cc1ccc(F)c(Br)c1.Cc1ccc(F)c(C#N)c1.Cc1ccc(F)c(C(F)(F)F)c1.Cc1ccc(F)c(C(F)F)c1.Cc1ccc(F)c(C2CC2)c1.Cc1ccc(F)c(Cl)c1.Cc1ccc(F)c(F)c1.Cc1ccc(F)c(I)c1.Cc1cccc(I)c1. The normalized spacial score (nSPS) is 10.7. The van der Waals surface area contributed by atoms with Gasteiger partial charge >= 0.3 is 12.4 Å². The Morgan fingerprint density at radius 1 is 0.321 bits per heavy atom. The molecule has 0 N–H and O–H groups in total. The van der Waals surface area contributed by atoms with Crippen molar-refractivity contribution in [3.8, 4) is 11.8 Å². The summed E-state index contributed by atoms with van der Waals surface area (Å²) in [6.07, 6.45) is -9.35. The van der Waals surface area contributed by atoms with E-state index in [2.05, 4.69) is 90.4 Å². The maximum atomic E-state index is 13.1. The molecule has 140 heavy (non-hydrogen) atoms. The molecule has 1 fully saturated rings. The average molecular weight is 2420 g/mol. The molecule has 0 radical (unpaired) electrons. The predicted molar refractivity (Wildman–Crippen MR) is 540 cm³/mol. The van der Waals surface area contributed by atoms with Gasteiger partial charge in [-0.3, -0.25) is 0 Å². The van der Waals surface area contributed by atoms with Gasteiger partial charge in [-0.2, -0.15) is 31.6 Å². The van der Waals surface area contributed by atoms with Gasteiger partial charge in [0.15, 0.2) is 40.7 Å². The van der Waals surface area contributed by atoms with Gasteiger partial charge in [-0.1, -0.05) is 165 Å². The van der Waals surface area contributed by atoms with Crippen molar-refractivity contribution in [1.82, 2.24) is 0 Å². The summed E-state index contributed by atoms with van der Waals surface area (Å²) >= 11 is 37.6. The molecular weight excluding hydrogens is 2330 g/mol. The van der Waals surface area contributed by atoms with Crippen LogP contribution in [0.1, 0.15) is 131 Å². The van der Waals surface area contributed by atoms with E-state index in [4.69, 9.17) is 63.3 Å². The van der Waals surface area contributed by atoms with Crippen molar-refractivity contribution >= 4 is 135 Å². The number of nitrogens with zero attached hydrogens (tertiary/aromatic N) is 1. The van der Waals surface area contributed by atoms with Gasteiger partial charge in [0.2, 0.25) is 0 Å². The summed E-state index contributed by atoms with van der Waals surface area (Å²) < 4.78 is 291. The maximum absolute atomic E-state index is 13.1. The van der Waals surface area contributed by atoms with Crippen molar-refractivity contribution in [2.24, 2.45) is 0 Å². The number of hydrogen-bond acceptors (Lipinski definition) is 2. The predicted octanol–water partition coefficient (Wildman–Crippen LogP) is 39.8. The van der Waals surface area contributed by atoms with Crippen LogP contribution in [0.5, 0.6) is 5.75 Å². The van der Waals surface area contributed by atoms with E-state index < -0.39 is 104 Å². The fourth-order valence-corrected chi connectivity index (χ4v) is 13.8. The smallest absolute Gasteiger partial charge is 0.419 e. The molecule has 0 unspecified atom stereocenters. The number of nitriles is 1. The maximum Gasteiger partial charge on any atom is 0.419 e. The highest BCUT2D eigenvalue weighted by molar-refractivity contribution is 14.1. The fourth-order valence-electron chi connectivity index (χ4n) is 10.5. The van der Waals surface area contributed by atoms with Crippen LogP contribution in [0.4, 0.5) is 101 Å². The van der Waals surface area contributed by atoms with Crippen LogP contribution in [-0.4, -0.2) is 7.11 Å². The van der Waals surface area contributed by atoms with Gasteiger partial charge in [-0.25, -0.2) is 74.6 Å². The van der Waals surface area contributed by atoms with Gasteiger partial charge in [0.25, 0.3) is 6.43 Å². The molecule has 1 saturated carbocycles. The van der Waals surface area contributed by atoms with Crippen LogP contribution in [0, 0.1) is 203 Å². The van der Waals surface area contributed by atoms with Gasteiger partial charge in [0.1, 0.15) is 63.4 Å². The van der Waals surface area contributed by atoms with Crippen LogP contribution in [-0.2, 0) is 12.4 Å². The van der Waals surface area contributed by atoms with Crippen molar-refractivity contribution in [1.29, 1.82) is 5.26 Å². The van der Waals surface area contributed by atoms with E-state index in [1.807, 2.05) is 94.5 Å². The number of methoxy groups -OCH3 is 1. The highest BCUT2D eigenvalue weighted by atomic mass is 127. The molecule has 14 aromatic rings. The van der Waals surface area contributed by atoms with Gasteiger partial charge in [-0.05, 0) is 412 Å². The molecule has 1 aliphatic rings. The summed E-state index contributed by atoms with van der Waals surface area (Å²) in [5, 5.41) is 9.08. The summed E-state index contributed by atoms with van der Waals surface area (Å²) in [5.74, 6) is -9.01. The Hall–Kier alpha value is -9.37. The summed E-state index contributed by atoms with van der Waals surface area (Å²) in [4.78, 5) is 0. The third kappa shape index (κ3) is 49.6. The van der Waals surface area contributed by atoms with Crippen molar-refractivity contribution < 1.29 is 106 Å². The minimum Gasteiger partial charge on any atom is -0.491 e. The first-order valence-corrected chi connectivity index (χ1v) is 46.4. The Kier molecular flexibility index (Phi) is 56.9.